The van der Waals surface area contributed by atoms with Crippen LogP contribution in [0.2, 0.25) is 0 Å². The van der Waals surface area contributed by atoms with E-state index in [1.165, 1.54) is 12.1 Å². The lowest BCUT2D eigenvalue weighted by Gasteiger charge is -2.26. The van der Waals surface area contributed by atoms with Gasteiger partial charge in [-0.2, -0.15) is 10.2 Å². The summed E-state index contributed by atoms with van der Waals surface area (Å²) in [5.74, 6) is 0.591. The van der Waals surface area contributed by atoms with Crippen LogP contribution in [0.25, 0.3) is 22.5 Å². The molecule has 0 radical (unpaired) electrons. The smallest absolute Gasteiger partial charge is 0.183 e. The van der Waals surface area contributed by atoms with Crippen LogP contribution in [-0.2, 0) is 0 Å². The quantitative estimate of drug-likeness (QED) is 0.351. The second-order valence-corrected chi connectivity index (χ2v) is 8.47. The van der Waals surface area contributed by atoms with Crippen molar-refractivity contribution in [1.29, 1.82) is 0 Å². The molecule has 1 fully saturated rings. The van der Waals surface area contributed by atoms with Crippen molar-refractivity contribution in [1.82, 2.24) is 24.4 Å². The highest BCUT2D eigenvalue weighted by atomic mass is 19.1. The number of hydrogen-bond acceptors (Lipinski definition) is 5. The van der Waals surface area contributed by atoms with E-state index in [9.17, 15) is 8.78 Å². The van der Waals surface area contributed by atoms with Crippen molar-refractivity contribution in [3.8, 4) is 22.6 Å². The molecule has 35 heavy (non-hydrogen) atoms. The van der Waals surface area contributed by atoms with E-state index >= 15 is 0 Å². The molecular weight excluding hydrogens is 450 g/mol. The number of hydrogen-bond donors (Lipinski definition) is 0. The molecule has 0 aliphatic carbocycles. The summed E-state index contributed by atoms with van der Waals surface area (Å²) in [6.45, 7) is 0.701. The number of benzene rings is 2. The molecule has 9 heteroatoms. The summed E-state index contributed by atoms with van der Waals surface area (Å²) < 4.78 is 37.3. The number of para-hydroxylation sites is 1. The zero-order chi connectivity index (χ0) is 23.9. The third kappa shape index (κ3) is 3.69. The zero-order valence-corrected chi connectivity index (χ0v) is 19.0. The Morgan fingerprint density at radius 3 is 2.80 bits per heavy atom. The van der Waals surface area contributed by atoms with Gasteiger partial charge in [0.25, 0.3) is 0 Å². The normalized spacial score (nSPS) is 15.7. The summed E-state index contributed by atoms with van der Waals surface area (Å²) in [6, 6.07) is 12.9. The molecule has 1 aliphatic heterocycles. The molecule has 176 valence electrons. The van der Waals surface area contributed by atoms with Gasteiger partial charge in [0.05, 0.1) is 25.5 Å². The average molecular weight is 472 g/mol. The van der Waals surface area contributed by atoms with Gasteiger partial charge in [-0.1, -0.05) is 18.2 Å². The number of nitrogens with zero attached hydrogens (tertiary/aromatic N) is 6. The lowest BCUT2D eigenvalue weighted by Crippen LogP contribution is -2.24. The van der Waals surface area contributed by atoms with Crippen molar-refractivity contribution in [3.63, 3.8) is 0 Å². The molecule has 1 atom stereocenters. The van der Waals surface area contributed by atoms with Crippen molar-refractivity contribution in [3.05, 3.63) is 90.5 Å². The Morgan fingerprint density at radius 1 is 1.03 bits per heavy atom. The van der Waals surface area contributed by atoms with Crippen molar-refractivity contribution >= 4 is 11.5 Å². The van der Waals surface area contributed by atoms with Crippen molar-refractivity contribution < 1.29 is 13.5 Å². The Hall–Kier alpha value is -4.27. The van der Waals surface area contributed by atoms with Crippen LogP contribution in [-0.4, -0.2) is 38.0 Å². The Kier molecular flexibility index (Phi) is 5.17. The number of halogens is 2. The highest BCUT2D eigenvalue weighted by molar-refractivity contribution is 5.70. The molecule has 0 saturated carbocycles. The third-order valence-corrected chi connectivity index (χ3v) is 6.45. The van der Waals surface area contributed by atoms with E-state index in [1.54, 1.807) is 28.7 Å². The lowest BCUT2D eigenvalue weighted by atomic mass is 10.0. The second kappa shape index (κ2) is 8.50. The van der Waals surface area contributed by atoms with Crippen molar-refractivity contribution in [2.75, 3.05) is 18.6 Å². The summed E-state index contributed by atoms with van der Waals surface area (Å²) in [7, 11) is 1.64. The van der Waals surface area contributed by atoms with E-state index in [1.807, 2.05) is 47.6 Å². The van der Waals surface area contributed by atoms with E-state index in [2.05, 4.69) is 10.2 Å². The average Bonchev–Trinajstić information content (AvgIpc) is 3.64. The van der Waals surface area contributed by atoms with Crippen molar-refractivity contribution in [2.24, 2.45) is 0 Å². The zero-order valence-electron chi connectivity index (χ0n) is 19.0. The van der Waals surface area contributed by atoms with Crippen LogP contribution in [0.5, 0.6) is 5.75 Å². The van der Waals surface area contributed by atoms with Gasteiger partial charge in [-0.25, -0.2) is 23.0 Å². The van der Waals surface area contributed by atoms with Gasteiger partial charge in [0.15, 0.2) is 5.65 Å². The van der Waals surface area contributed by atoms with Crippen LogP contribution in [0.3, 0.4) is 0 Å². The summed E-state index contributed by atoms with van der Waals surface area (Å²) in [5, 5.41) is 8.96. The Morgan fingerprint density at radius 2 is 1.91 bits per heavy atom. The first-order chi connectivity index (χ1) is 17.1. The summed E-state index contributed by atoms with van der Waals surface area (Å²) in [4.78, 5) is 6.89. The maximum absolute atomic E-state index is 14.5. The molecule has 5 aromatic rings. The van der Waals surface area contributed by atoms with E-state index in [-0.39, 0.29) is 6.04 Å². The summed E-state index contributed by atoms with van der Waals surface area (Å²) in [6.07, 6.45) is 8.79. The van der Waals surface area contributed by atoms with Gasteiger partial charge in [-0.15, -0.1) is 0 Å². The number of fused-ring (bicyclic) bond motifs is 1. The molecule has 0 N–H and O–H groups in total. The fourth-order valence-electron chi connectivity index (χ4n) is 4.78. The van der Waals surface area contributed by atoms with Gasteiger partial charge < -0.3 is 9.64 Å². The largest absolute Gasteiger partial charge is 0.496 e. The molecule has 0 spiro atoms. The van der Waals surface area contributed by atoms with Gasteiger partial charge in [-0.3, -0.25) is 0 Å². The van der Waals surface area contributed by atoms with Crippen LogP contribution in [0.4, 0.5) is 14.6 Å². The molecule has 1 saturated heterocycles. The molecule has 1 aliphatic rings. The maximum atomic E-state index is 14.5. The third-order valence-electron chi connectivity index (χ3n) is 6.45. The van der Waals surface area contributed by atoms with Crippen LogP contribution in [0.1, 0.15) is 24.4 Å². The highest BCUT2D eigenvalue weighted by Crippen LogP contribution is 2.37. The molecule has 7 nitrogen and oxygen atoms in total. The minimum absolute atomic E-state index is 0.283. The van der Waals surface area contributed by atoms with E-state index < -0.39 is 11.6 Å². The van der Waals surface area contributed by atoms with E-state index in [0.717, 1.165) is 35.8 Å². The van der Waals surface area contributed by atoms with Crippen LogP contribution < -0.4 is 9.64 Å². The number of rotatable bonds is 5. The van der Waals surface area contributed by atoms with Crippen molar-refractivity contribution in [2.45, 2.75) is 18.9 Å². The monoisotopic (exact) mass is 472 g/mol. The standard InChI is InChI=1S/C26H22F2N6O/c1-35-24-7-3-2-5-19(24)17-14-29-34(16-17)23-15-30-33-12-10-25(31-26(23)33)32-11-4-6-22(32)20-13-18(27)8-9-21(20)28/h2-3,5,7-10,12-16,22H,4,6,11H2,1H3/t22-/m0/s1. The van der Waals surface area contributed by atoms with Crippen LogP contribution in [0, 0.1) is 11.6 Å². The van der Waals surface area contributed by atoms with E-state index in [4.69, 9.17) is 9.72 Å². The maximum Gasteiger partial charge on any atom is 0.183 e. The van der Waals surface area contributed by atoms with Gasteiger partial charge in [0.1, 0.15) is 28.9 Å². The first-order valence-corrected chi connectivity index (χ1v) is 11.4. The number of aromatic nitrogens is 5. The molecule has 2 aromatic carbocycles. The molecule has 4 heterocycles. The van der Waals surface area contributed by atoms with E-state index in [0.29, 0.717) is 29.3 Å². The first-order valence-electron chi connectivity index (χ1n) is 11.4. The SMILES string of the molecule is COc1ccccc1-c1cnn(-c2cnn3ccc(N4CCC[C@H]4c4cc(F)ccc4F)nc23)c1. The summed E-state index contributed by atoms with van der Waals surface area (Å²) in [5.41, 5.74) is 3.51. The van der Waals surface area contributed by atoms with Crippen LogP contribution >= 0.6 is 0 Å². The molecular formula is C26H22F2N6O. The fraction of sp³-hybridized carbons (Fsp3) is 0.192. The number of ether oxygens (including phenoxy) is 1. The Bertz CT molecular complexity index is 1530. The Balaban J connectivity index is 1.38. The fourth-order valence-corrected chi connectivity index (χ4v) is 4.78. The van der Waals surface area contributed by atoms with Gasteiger partial charge >= 0.3 is 0 Å². The molecule has 6 rings (SSSR count). The lowest BCUT2D eigenvalue weighted by molar-refractivity contribution is 0.416. The van der Waals surface area contributed by atoms with Crippen LogP contribution in [0.15, 0.2) is 73.3 Å². The molecule has 0 bridgehead atoms. The van der Waals surface area contributed by atoms with Gasteiger partial charge in [0.2, 0.25) is 0 Å². The molecule has 3 aromatic heterocycles. The topological polar surface area (TPSA) is 60.5 Å². The number of methoxy groups -OCH3 is 1. The summed E-state index contributed by atoms with van der Waals surface area (Å²) >= 11 is 0. The van der Waals surface area contributed by atoms with Gasteiger partial charge in [0, 0.05) is 35.6 Å². The minimum atomic E-state index is -0.445. The Labute approximate surface area is 200 Å². The second-order valence-electron chi connectivity index (χ2n) is 8.47. The number of anilines is 1. The molecule has 0 unspecified atom stereocenters. The predicted octanol–water partition coefficient (Wildman–Crippen LogP) is 5.21. The predicted molar refractivity (Wildman–Crippen MR) is 128 cm³/mol. The molecule has 0 amide bonds. The minimum Gasteiger partial charge on any atom is -0.496 e. The highest BCUT2D eigenvalue weighted by Gasteiger charge is 2.30. The van der Waals surface area contributed by atoms with Gasteiger partial charge in [-0.05, 0) is 43.2 Å². The first kappa shape index (κ1) is 21.3.